The van der Waals surface area contributed by atoms with Crippen molar-refractivity contribution < 1.29 is 19.1 Å². The maximum atomic E-state index is 11.8. The molecule has 0 aliphatic rings. The van der Waals surface area contributed by atoms with Gasteiger partial charge in [0.1, 0.15) is 0 Å². The van der Waals surface area contributed by atoms with Gasteiger partial charge >= 0.3 is 0 Å². The first-order valence-corrected chi connectivity index (χ1v) is 6.01. The zero-order valence-electron chi connectivity index (χ0n) is 11.7. The van der Waals surface area contributed by atoms with Crippen LogP contribution < -0.4 is 9.47 Å². The van der Waals surface area contributed by atoms with Crippen LogP contribution in [-0.2, 0) is 4.79 Å². The molecule has 1 rings (SSSR count). The SMILES string of the molecule is COc1cccc(C=O)c1OCC(=O)N(C)C(C)C. The highest BCUT2D eigenvalue weighted by molar-refractivity contribution is 5.82. The molecule has 0 unspecified atom stereocenters. The van der Waals surface area contributed by atoms with Crippen molar-refractivity contribution in [3.8, 4) is 11.5 Å². The van der Waals surface area contributed by atoms with E-state index in [-0.39, 0.29) is 18.6 Å². The number of para-hydroxylation sites is 1. The molecule has 0 spiro atoms. The predicted molar refractivity (Wildman–Crippen MR) is 71.8 cm³/mol. The molecule has 19 heavy (non-hydrogen) atoms. The van der Waals surface area contributed by atoms with Crippen LogP contribution in [-0.4, -0.2) is 43.9 Å². The normalized spacial score (nSPS) is 10.2. The summed E-state index contributed by atoms with van der Waals surface area (Å²) in [7, 11) is 3.19. The van der Waals surface area contributed by atoms with Crippen LogP contribution in [0.25, 0.3) is 0 Å². The van der Waals surface area contributed by atoms with E-state index in [0.717, 1.165) is 0 Å². The smallest absolute Gasteiger partial charge is 0.260 e. The van der Waals surface area contributed by atoms with Crippen molar-refractivity contribution in [1.82, 2.24) is 4.90 Å². The summed E-state index contributed by atoms with van der Waals surface area (Å²) in [5.41, 5.74) is 0.361. The maximum Gasteiger partial charge on any atom is 0.260 e. The van der Waals surface area contributed by atoms with Gasteiger partial charge in [-0.05, 0) is 26.0 Å². The molecular weight excluding hydrogens is 246 g/mol. The molecule has 0 bridgehead atoms. The Morgan fingerprint density at radius 3 is 2.63 bits per heavy atom. The highest BCUT2D eigenvalue weighted by Gasteiger charge is 2.15. The molecule has 0 heterocycles. The van der Waals surface area contributed by atoms with Gasteiger partial charge in [-0.25, -0.2) is 0 Å². The summed E-state index contributed by atoms with van der Waals surface area (Å²) in [4.78, 5) is 24.4. The summed E-state index contributed by atoms with van der Waals surface area (Å²) in [6.45, 7) is 3.70. The molecule has 0 aromatic heterocycles. The standard InChI is InChI=1S/C14H19NO4/c1-10(2)15(3)13(17)9-19-14-11(8-16)6-5-7-12(14)18-4/h5-8,10H,9H2,1-4H3. The Morgan fingerprint density at radius 2 is 2.11 bits per heavy atom. The van der Waals surface area contributed by atoms with E-state index in [4.69, 9.17) is 9.47 Å². The fourth-order valence-electron chi connectivity index (χ4n) is 1.46. The lowest BCUT2D eigenvalue weighted by atomic mass is 10.2. The minimum Gasteiger partial charge on any atom is -0.493 e. The lowest BCUT2D eigenvalue weighted by Gasteiger charge is -2.22. The van der Waals surface area contributed by atoms with Crippen LogP contribution in [0.5, 0.6) is 11.5 Å². The number of ether oxygens (including phenoxy) is 2. The van der Waals surface area contributed by atoms with E-state index < -0.39 is 0 Å². The van der Waals surface area contributed by atoms with E-state index in [1.165, 1.54) is 7.11 Å². The lowest BCUT2D eigenvalue weighted by Crippen LogP contribution is -2.36. The van der Waals surface area contributed by atoms with Crippen molar-refractivity contribution in [1.29, 1.82) is 0 Å². The van der Waals surface area contributed by atoms with Crippen LogP contribution in [0.15, 0.2) is 18.2 Å². The van der Waals surface area contributed by atoms with Crippen molar-refractivity contribution in [2.45, 2.75) is 19.9 Å². The van der Waals surface area contributed by atoms with Crippen molar-refractivity contribution in [3.63, 3.8) is 0 Å². The summed E-state index contributed by atoms with van der Waals surface area (Å²) >= 11 is 0. The van der Waals surface area contributed by atoms with E-state index in [0.29, 0.717) is 23.3 Å². The van der Waals surface area contributed by atoms with Crippen LogP contribution in [0.3, 0.4) is 0 Å². The molecule has 5 nitrogen and oxygen atoms in total. The molecule has 1 amide bonds. The molecule has 1 aromatic carbocycles. The Hall–Kier alpha value is -2.04. The maximum absolute atomic E-state index is 11.8. The van der Waals surface area contributed by atoms with Crippen LogP contribution >= 0.6 is 0 Å². The monoisotopic (exact) mass is 265 g/mol. The quantitative estimate of drug-likeness (QED) is 0.735. The Bertz CT molecular complexity index is 457. The molecular formula is C14H19NO4. The number of carbonyl (C=O) groups is 2. The zero-order valence-corrected chi connectivity index (χ0v) is 11.7. The van der Waals surface area contributed by atoms with Crippen molar-refractivity contribution in [2.75, 3.05) is 20.8 Å². The Balaban J connectivity index is 2.82. The fraction of sp³-hybridized carbons (Fsp3) is 0.429. The number of nitrogens with zero attached hydrogens (tertiary/aromatic N) is 1. The summed E-state index contributed by atoms with van der Waals surface area (Å²) in [6.07, 6.45) is 0.675. The molecule has 104 valence electrons. The van der Waals surface area contributed by atoms with Crippen LogP contribution in [0, 0.1) is 0 Å². The minimum absolute atomic E-state index is 0.0966. The number of hydrogen-bond acceptors (Lipinski definition) is 4. The summed E-state index contributed by atoms with van der Waals surface area (Å²) in [5.74, 6) is 0.577. The predicted octanol–water partition coefficient (Wildman–Crippen LogP) is 1.75. The largest absolute Gasteiger partial charge is 0.493 e. The molecule has 0 saturated carbocycles. The lowest BCUT2D eigenvalue weighted by molar-refractivity contribution is -0.133. The third-order valence-electron chi connectivity index (χ3n) is 2.86. The third kappa shape index (κ3) is 3.71. The number of methoxy groups -OCH3 is 1. The van der Waals surface area contributed by atoms with E-state index in [1.807, 2.05) is 13.8 Å². The Morgan fingerprint density at radius 1 is 1.42 bits per heavy atom. The number of carbonyl (C=O) groups excluding carboxylic acids is 2. The fourth-order valence-corrected chi connectivity index (χ4v) is 1.46. The van der Waals surface area contributed by atoms with Gasteiger partial charge in [-0.3, -0.25) is 9.59 Å². The van der Waals surface area contributed by atoms with E-state index in [1.54, 1.807) is 30.1 Å². The van der Waals surface area contributed by atoms with Crippen LogP contribution in [0.2, 0.25) is 0 Å². The molecule has 0 saturated heterocycles. The molecule has 0 radical (unpaired) electrons. The number of likely N-dealkylation sites (N-methyl/N-ethyl adjacent to an activating group) is 1. The van der Waals surface area contributed by atoms with E-state index in [9.17, 15) is 9.59 Å². The highest BCUT2D eigenvalue weighted by atomic mass is 16.5. The molecule has 0 fully saturated rings. The Kier molecular flexibility index (Phi) is 5.36. The summed E-state index contributed by atoms with van der Waals surface area (Å²) < 4.78 is 10.6. The van der Waals surface area contributed by atoms with Crippen molar-refractivity contribution in [3.05, 3.63) is 23.8 Å². The van der Waals surface area contributed by atoms with Gasteiger partial charge in [0.2, 0.25) is 0 Å². The summed E-state index contributed by atoms with van der Waals surface area (Å²) in [5, 5.41) is 0. The van der Waals surface area contributed by atoms with Gasteiger partial charge in [0.25, 0.3) is 5.91 Å². The molecule has 0 atom stereocenters. The van der Waals surface area contributed by atoms with Crippen molar-refractivity contribution in [2.24, 2.45) is 0 Å². The summed E-state index contributed by atoms with van der Waals surface area (Å²) in [6, 6.07) is 5.08. The highest BCUT2D eigenvalue weighted by Crippen LogP contribution is 2.29. The van der Waals surface area contributed by atoms with Gasteiger partial charge in [-0.2, -0.15) is 0 Å². The average Bonchev–Trinajstić information content (AvgIpc) is 2.42. The first kappa shape index (κ1) is 15.0. The first-order chi connectivity index (χ1) is 9.01. The molecule has 1 aromatic rings. The molecule has 0 N–H and O–H groups in total. The van der Waals surface area contributed by atoms with Gasteiger partial charge in [0, 0.05) is 13.1 Å². The van der Waals surface area contributed by atoms with Gasteiger partial charge in [0.15, 0.2) is 24.4 Å². The molecule has 0 aliphatic carbocycles. The number of aldehydes is 1. The van der Waals surface area contributed by atoms with Crippen LogP contribution in [0.4, 0.5) is 0 Å². The average molecular weight is 265 g/mol. The number of rotatable bonds is 6. The molecule has 5 heteroatoms. The Labute approximate surface area is 113 Å². The van der Waals surface area contributed by atoms with Crippen molar-refractivity contribution >= 4 is 12.2 Å². The second kappa shape index (κ2) is 6.78. The third-order valence-corrected chi connectivity index (χ3v) is 2.86. The second-order valence-electron chi connectivity index (χ2n) is 4.38. The number of hydrogen-bond donors (Lipinski definition) is 0. The van der Waals surface area contributed by atoms with E-state index in [2.05, 4.69) is 0 Å². The van der Waals surface area contributed by atoms with Gasteiger partial charge in [-0.1, -0.05) is 6.07 Å². The minimum atomic E-state index is -0.155. The van der Waals surface area contributed by atoms with Gasteiger partial charge < -0.3 is 14.4 Å². The molecule has 0 aliphatic heterocycles. The van der Waals surface area contributed by atoms with E-state index >= 15 is 0 Å². The second-order valence-corrected chi connectivity index (χ2v) is 4.38. The topological polar surface area (TPSA) is 55.8 Å². The number of benzene rings is 1. The number of amides is 1. The van der Waals surface area contributed by atoms with Crippen LogP contribution in [0.1, 0.15) is 24.2 Å². The van der Waals surface area contributed by atoms with Gasteiger partial charge in [-0.15, -0.1) is 0 Å². The zero-order chi connectivity index (χ0) is 14.4. The first-order valence-electron chi connectivity index (χ1n) is 6.01. The van der Waals surface area contributed by atoms with Gasteiger partial charge in [0.05, 0.1) is 12.7 Å².